The number of para-hydroxylation sites is 1. The van der Waals surface area contributed by atoms with Crippen molar-refractivity contribution in [3.8, 4) is 17.1 Å². The Morgan fingerprint density at radius 2 is 2.22 bits per heavy atom. The molecule has 1 aliphatic heterocycles. The van der Waals surface area contributed by atoms with Crippen LogP contribution >= 0.6 is 0 Å². The smallest absolute Gasteiger partial charge is 0.185 e. The number of nitrogens with zero attached hydrogens (tertiary/aromatic N) is 3. The Morgan fingerprint density at radius 1 is 1.39 bits per heavy atom. The van der Waals surface area contributed by atoms with E-state index in [1.165, 1.54) is 0 Å². The molecule has 94 valence electrons. The Balaban J connectivity index is 2.07. The van der Waals surface area contributed by atoms with Gasteiger partial charge in [0.1, 0.15) is 11.6 Å². The number of ether oxygens (including phenoxy) is 1. The van der Waals surface area contributed by atoms with E-state index in [0.717, 1.165) is 36.5 Å². The average molecular weight is 244 g/mol. The lowest BCUT2D eigenvalue weighted by Crippen LogP contribution is -2.22. The molecule has 5 nitrogen and oxygen atoms in total. The Bertz CT molecular complexity index is 564. The van der Waals surface area contributed by atoms with Crippen LogP contribution in [0, 0.1) is 0 Å². The molecule has 1 aromatic heterocycles. The molecule has 5 heteroatoms. The summed E-state index contributed by atoms with van der Waals surface area (Å²) in [6.07, 6.45) is 2.03. The van der Waals surface area contributed by atoms with Crippen molar-refractivity contribution >= 4 is 0 Å². The van der Waals surface area contributed by atoms with Crippen LogP contribution in [-0.2, 0) is 6.54 Å². The molecule has 2 aromatic rings. The maximum Gasteiger partial charge on any atom is 0.185 e. The van der Waals surface area contributed by atoms with Gasteiger partial charge >= 0.3 is 0 Å². The van der Waals surface area contributed by atoms with E-state index < -0.39 is 0 Å². The standard InChI is InChI=1S/C13H16N4O/c1-18-11-7-3-2-5-9(11)12-15-13-10(14)6-4-8-17(13)16-12/h2-3,5,7,10H,4,6,8,14H2,1H3. The summed E-state index contributed by atoms with van der Waals surface area (Å²) < 4.78 is 7.25. The fraction of sp³-hybridized carbons (Fsp3) is 0.385. The first kappa shape index (κ1) is 11.2. The van der Waals surface area contributed by atoms with Gasteiger partial charge in [-0.15, -0.1) is 0 Å². The molecule has 0 bridgehead atoms. The third-order valence-electron chi connectivity index (χ3n) is 3.26. The van der Waals surface area contributed by atoms with Crippen LogP contribution in [0.1, 0.15) is 24.7 Å². The Morgan fingerprint density at radius 3 is 3.00 bits per heavy atom. The van der Waals surface area contributed by atoms with E-state index >= 15 is 0 Å². The third-order valence-corrected chi connectivity index (χ3v) is 3.26. The van der Waals surface area contributed by atoms with Crippen molar-refractivity contribution in [1.82, 2.24) is 14.8 Å². The predicted molar refractivity (Wildman–Crippen MR) is 68.2 cm³/mol. The highest BCUT2D eigenvalue weighted by molar-refractivity contribution is 5.63. The fourth-order valence-corrected chi connectivity index (χ4v) is 2.33. The zero-order valence-corrected chi connectivity index (χ0v) is 10.3. The highest BCUT2D eigenvalue weighted by Crippen LogP contribution is 2.29. The third kappa shape index (κ3) is 1.76. The number of benzene rings is 1. The number of fused-ring (bicyclic) bond motifs is 1. The SMILES string of the molecule is COc1ccccc1-c1nc2n(n1)CCCC2N. The van der Waals surface area contributed by atoms with Gasteiger partial charge in [-0.25, -0.2) is 9.67 Å². The second-order valence-electron chi connectivity index (χ2n) is 4.47. The summed E-state index contributed by atoms with van der Waals surface area (Å²) in [4.78, 5) is 4.56. The van der Waals surface area contributed by atoms with Gasteiger partial charge in [0, 0.05) is 6.54 Å². The van der Waals surface area contributed by atoms with E-state index in [1.54, 1.807) is 7.11 Å². The Kier molecular flexibility index (Phi) is 2.76. The molecule has 3 rings (SSSR count). The number of aromatic nitrogens is 3. The monoisotopic (exact) mass is 244 g/mol. The molecule has 1 aromatic carbocycles. The second kappa shape index (κ2) is 4.42. The number of hydrogen-bond donors (Lipinski definition) is 1. The lowest BCUT2D eigenvalue weighted by atomic mass is 10.1. The first-order chi connectivity index (χ1) is 8.79. The van der Waals surface area contributed by atoms with E-state index in [9.17, 15) is 0 Å². The maximum absolute atomic E-state index is 6.05. The van der Waals surface area contributed by atoms with Crippen LogP contribution in [0.25, 0.3) is 11.4 Å². The van der Waals surface area contributed by atoms with Crippen molar-refractivity contribution in [3.05, 3.63) is 30.1 Å². The van der Waals surface area contributed by atoms with Crippen LogP contribution < -0.4 is 10.5 Å². The molecular formula is C13H16N4O. The number of hydrogen-bond acceptors (Lipinski definition) is 4. The summed E-state index contributed by atoms with van der Waals surface area (Å²) in [5.41, 5.74) is 6.96. The molecule has 1 aliphatic rings. The normalized spacial score (nSPS) is 18.4. The first-order valence-corrected chi connectivity index (χ1v) is 6.13. The largest absolute Gasteiger partial charge is 0.496 e. The number of rotatable bonds is 2. The molecule has 0 saturated carbocycles. The lowest BCUT2D eigenvalue weighted by Gasteiger charge is -2.17. The predicted octanol–water partition coefficient (Wildman–Crippen LogP) is 1.75. The number of methoxy groups -OCH3 is 1. The molecule has 0 aliphatic carbocycles. The molecule has 0 radical (unpaired) electrons. The minimum atomic E-state index is -0.00490. The van der Waals surface area contributed by atoms with Crippen molar-refractivity contribution in [2.45, 2.75) is 25.4 Å². The topological polar surface area (TPSA) is 66.0 Å². The summed E-state index contributed by atoms with van der Waals surface area (Å²) in [6, 6.07) is 7.76. The molecule has 0 amide bonds. The van der Waals surface area contributed by atoms with Gasteiger partial charge < -0.3 is 10.5 Å². The van der Waals surface area contributed by atoms with Crippen molar-refractivity contribution in [2.75, 3.05) is 7.11 Å². The van der Waals surface area contributed by atoms with E-state index in [1.807, 2.05) is 28.9 Å². The van der Waals surface area contributed by atoms with Crippen LogP contribution in [0.5, 0.6) is 5.75 Å². The first-order valence-electron chi connectivity index (χ1n) is 6.13. The summed E-state index contributed by atoms with van der Waals surface area (Å²) in [7, 11) is 1.65. The second-order valence-corrected chi connectivity index (χ2v) is 4.47. The van der Waals surface area contributed by atoms with E-state index in [0.29, 0.717) is 5.82 Å². The minimum absolute atomic E-state index is 0.00490. The summed E-state index contributed by atoms with van der Waals surface area (Å²) in [5.74, 6) is 2.36. The van der Waals surface area contributed by atoms with Crippen LogP contribution in [-0.4, -0.2) is 21.9 Å². The molecular weight excluding hydrogens is 228 g/mol. The maximum atomic E-state index is 6.05. The molecule has 2 N–H and O–H groups in total. The lowest BCUT2D eigenvalue weighted by molar-refractivity contribution is 0.415. The summed E-state index contributed by atoms with van der Waals surface area (Å²) >= 11 is 0. The molecule has 2 heterocycles. The zero-order valence-electron chi connectivity index (χ0n) is 10.3. The molecule has 0 saturated heterocycles. The van der Waals surface area contributed by atoms with Crippen molar-refractivity contribution in [2.24, 2.45) is 5.73 Å². The number of nitrogens with two attached hydrogens (primary N) is 1. The van der Waals surface area contributed by atoms with Gasteiger partial charge in [0.2, 0.25) is 0 Å². The van der Waals surface area contributed by atoms with E-state index in [2.05, 4.69) is 10.1 Å². The summed E-state index contributed by atoms with van der Waals surface area (Å²) in [5, 5.41) is 4.53. The molecule has 18 heavy (non-hydrogen) atoms. The average Bonchev–Trinajstić information content (AvgIpc) is 2.84. The summed E-state index contributed by atoms with van der Waals surface area (Å²) in [6.45, 7) is 0.894. The van der Waals surface area contributed by atoms with E-state index in [-0.39, 0.29) is 6.04 Å². The van der Waals surface area contributed by atoms with Gasteiger partial charge in [0.25, 0.3) is 0 Å². The van der Waals surface area contributed by atoms with Crippen molar-refractivity contribution in [1.29, 1.82) is 0 Å². The van der Waals surface area contributed by atoms with Crippen molar-refractivity contribution in [3.63, 3.8) is 0 Å². The van der Waals surface area contributed by atoms with Crippen LogP contribution in [0.4, 0.5) is 0 Å². The van der Waals surface area contributed by atoms with Gasteiger partial charge in [0.05, 0.1) is 18.7 Å². The van der Waals surface area contributed by atoms with Gasteiger partial charge in [-0.05, 0) is 25.0 Å². The zero-order chi connectivity index (χ0) is 12.5. The molecule has 0 spiro atoms. The Labute approximate surface area is 106 Å². The minimum Gasteiger partial charge on any atom is -0.496 e. The number of aryl methyl sites for hydroxylation is 1. The quantitative estimate of drug-likeness (QED) is 0.874. The highest BCUT2D eigenvalue weighted by atomic mass is 16.5. The van der Waals surface area contributed by atoms with Crippen LogP contribution in [0.3, 0.4) is 0 Å². The van der Waals surface area contributed by atoms with Crippen molar-refractivity contribution < 1.29 is 4.74 Å². The molecule has 1 atom stereocenters. The van der Waals surface area contributed by atoms with Crippen LogP contribution in [0.2, 0.25) is 0 Å². The highest BCUT2D eigenvalue weighted by Gasteiger charge is 2.22. The molecule has 0 fully saturated rings. The van der Waals surface area contributed by atoms with E-state index in [4.69, 9.17) is 10.5 Å². The van der Waals surface area contributed by atoms with Gasteiger partial charge in [-0.1, -0.05) is 12.1 Å². The Hall–Kier alpha value is -1.88. The fourth-order valence-electron chi connectivity index (χ4n) is 2.33. The van der Waals surface area contributed by atoms with Gasteiger partial charge in [-0.2, -0.15) is 5.10 Å². The molecule has 1 unspecified atom stereocenters. The van der Waals surface area contributed by atoms with Gasteiger partial charge in [-0.3, -0.25) is 0 Å². The van der Waals surface area contributed by atoms with Crippen LogP contribution in [0.15, 0.2) is 24.3 Å². The van der Waals surface area contributed by atoms with Gasteiger partial charge in [0.15, 0.2) is 5.82 Å².